The summed E-state index contributed by atoms with van der Waals surface area (Å²) in [4.78, 5) is 13.2. The highest BCUT2D eigenvalue weighted by atomic mass is 35.5. The fraction of sp³-hybridized carbons (Fsp3) is 0.533. The first-order valence-electron chi connectivity index (χ1n) is 6.21. The maximum absolute atomic E-state index is 12.1. The minimum Gasteiger partial charge on any atom is -0.459 e. The minimum absolute atomic E-state index is 0.202. The molecule has 4 heteroatoms. The molecule has 0 atom stereocenters. The molecule has 0 aromatic heterocycles. The van der Waals surface area contributed by atoms with Crippen molar-refractivity contribution in [2.75, 3.05) is 0 Å². The van der Waals surface area contributed by atoms with Gasteiger partial charge in [0.25, 0.3) is 0 Å². The standard InChI is InChI=1S/C15H21ClO2S/c1-14(2,3)18-13(17)15(4,5)19-12-8-6-11(10-16)7-9-12/h6-9H,10H2,1-5H3. The summed E-state index contributed by atoms with van der Waals surface area (Å²) in [5.41, 5.74) is 0.610. The van der Waals surface area contributed by atoms with Crippen molar-refractivity contribution in [1.82, 2.24) is 0 Å². The van der Waals surface area contributed by atoms with Crippen molar-refractivity contribution in [1.29, 1.82) is 0 Å². The van der Waals surface area contributed by atoms with Crippen molar-refractivity contribution >= 4 is 29.3 Å². The van der Waals surface area contributed by atoms with E-state index in [0.29, 0.717) is 5.88 Å². The van der Waals surface area contributed by atoms with E-state index in [1.165, 1.54) is 11.8 Å². The lowest BCUT2D eigenvalue weighted by Gasteiger charge is -2.28. The summed E-state index contributed by atoms with van der Waals surface area (Å²) in [7, 11) is 0. The number of thioether (sulfide) groups is 1. The molecule has 19 heavy (non-hydrogen) atoms. The summed E-state index contributed by atoms with van der Waals surface area (Å²) in [6.07, 6.45) is 0. The smallest absolute Gasteiger partial charge is 0.322 e. The van der Waals surface area contributed by atoms with Crippen LogP contribution in [0.4, 0.5) is 0 Å². The van der Waals surface area contributed by atoms with Crippen LogP contribution in [0, 0.1) is 0 Å². The van der Waals surface area contributed by atoms with Gasteiger partial charge < -0.3 is 4.74 Å². The van der Waals surface area contributed by atoms with E-state index in [-0.39, 0.29) is 5.97 Å². The normalized spacial score (nSPS) is 12.3. The van der Waals surface area contributed by atoms with Gasteiger partial charge in [0, 0.05) is 10.8 Å². The molecular formula is C15H21ClO2S. The number of alkyl halides is 1. The van der Waals surface area contributed by atoms with Gasteiger partial charge in [0.1, 0.15) is 10.3 Å². The topological polar surface area (TPSA) is 26.3 Å². The number of esters is 1. The molecule has 0 aliphatic rings. The number of benzene rings is 1. The Kier molecular flexibility index (Phi) is 5.34. The quantitative estimate of drug-likeness (QED) is 0.460. The Morgan fingerprint density at radius 1 is 1.16 bits per heavy atom. The lowest BCUT2D eigenvalue weighted by Crippen LogP contribution is -2.36. The third-order valence-electron chi connectivity index (χ3n) is 2.34. The maximum atomic E-state index is 12.1. The Hall–Kier alpha value is -0.670. The highest BCUT2D eigenvalue weighted by molar-refractivity contribution is 8.01. The molecule has 1 aromatic carbocycles. The monoisotopic (exact) mass is 300 g/mol. The van der Waals surface area contributed by atoms with Gasteiger partial charge in [-0.05, 0) is 52.3 Å². The number of carbonyl (C=O) groups is 1. The first-order valence-corrected chi connectivity index (χ1v) is 7.56. The third-order valence-corrected chi connectivity index (χ3v) is 3.83. The van der Waals surface area contributed by atoms with E-state index in [0.717, 1.165) is 10.5 Å². The predicted molar refractivity (Wildman–Crippen MR) is 81.8 cm³/mol. The van der Waals surface area contributed by atoms with E-state index in [2.05, 4.69) is 0 Å². The summed E-state index contributed by atoms with van der Waals surface area (Å²) in [5, 5.41) is 0. The van der Waals surface area contributed by atoms with Crippen molar-refractivity contribution in [2.24, 2.45) is 0 Å². The number of halogens is 1. The highest BCUT2D eigenvalue weighted by Crippen LogP contribution is 2.34. The van der Waals surface area contributed by atoms with Gasteiger partial charge in [-0.1, -0.05) is 12.1 Å². The van der Waals surface area contributed by atoms with Gasteiger partial charge in [0.2, 0.25) is 0 Å². The molecular weight excluding hydrogens is 280 g/mol. The van der Waals surface area contributed by atoms with Crippen LogP contribution in [-0.2, 0) is 15.4 Å². The van der Waals surface area contributed by atoms with Crippen molar-refractivity contribution in [2.45, 2.75) is 55.7 Å². The number of rotatable bonds is 4. The zero-order valence-corrected chi connectivity index (χ0v) is 13.7. The summed E-state index contributed by atoms with van der Waals surface area (Å²) in [6, 6.07) is 7.91. The van der Waals surface area contributed by atoms with E-state index >= 15 is 0 Å². The van der Waals surface area contributed by atoms with E-state index in [1.807, 2.05) is 58.9 Å². The Bertz CT molecular complexity index is 432. The molecule has 0 saturated carbocycles. The Labute approximate surface area is 124 Å². The average molecular weight is 301 g/mol. The largest absolute Gasteiger partial charge is 0.459 e. The second kappa shape index (κ2) is 6.19. The van der Waals surface area contributed by atoms with Crippen LogP contribution in [0.3, 0.4) is 0 Å². The first-order chi connectivity index (χ1) is 8.64. The molecule has 0 N–H and O–H groups in total. The van der Waals surface area contributed by atoms with E-state index in [1.54, 1.807) is 0 Å². The number of carbonyl (C=O) groups excluding carboxylic acids is 1. The van der Waals surface area contributed by atoms with Crippen molar-refractivity contribution in [3.63, 3.8) is 0 Å². The summed E-state index contributed by atoms with van der Waals surface area (Å²) < 4.78 is 4.82. The Morgan fingerprint density at radius 3 is 2.11 bits per heavy atom. The van der Waals surface area contributed by atoms with Crippen LogP contribution in [-0.4, -0.2) is 16.3 Å². The summed E-state index contributed by atoms with van der Waals surface area (Å²) in [5.74, 6) is 0.298. The minimum atomic E-state index is -0.615. The fourth-order valence-corrected chi connectivity index (χ4v) is 2.55. The molecule has 1 aromatic rings. The number of hydrogen-bond donors (Lipinski definition) is 0. The van der Waals surface area contributed by atoms with Crippen LogP contribution in [0.2, 0.25) is 0 Å². The number of ether oxygens (including phenoxy) is 1. The summed E-state index contributed by atoms with van der Waals surface area (Å²) in [6.45, 7) is 9.38. The molecule has 2 nitrogen and oxygen atoms in total. The van der Waals surface area contributed by atoms with Crippen molar-refractivity contribution in [3.05, 3.63) is 29.8 Å². The molecule has 0 fully saturated rings. The third kappa shape index (κ3) is 5.45. The highest BCUT2D eigenvalue weighted by Gasteiger charge is 2.33. The van der Waals surface area contributed by atoms with E-state index in [4.69, 9.17) is 16.3 Å². The summed E-state index contributed by atoms with van der Waals surface area (Å²) >= 11 is 7.25. The Balaban J connectivity index is 2.74. The van der Waals surface area contributed by atoms with Crippen molar-refractivity contribution < 1.29 is 9.53 Å². The van der Waals surface area contributed by atoms with Crippen LogP contribution in [0.25, 0.3) is 0 Å². The fourth-order valence-electron chi connectivity index (χ4n) is 1.38. The Morgan fingerprint density at radius 2 is 1.68 bits per heavy atom. The molecule has 0 heterocycles. The van der Waals surface area contributed by atoms with Gasteiger partial charge in [-0.2, -0.15) is 0 Å². The second-order valence-corrected chi connectivity index (χ2v) is 7.86. The molecule has 0 spiro atoms. The molecule has 0 unspecified atom stereocenters. The van der Waals surface area contributed by atoms with Crippen LogP contribution in [0.5, 0.6) is 0 Å². The molecule has 0 amide bonds. The SMILES string of the molecule is CC(C)(C)OC(=O)C(C)(C)Sc1ccc(CCl)cc1. The van der Waals surface area contributed by atoms with Crippen molar-refractivity contribution in [3.8, 4) is 0 Å². The average Bonchev–Trinajstić information content (AvgIpc) is 2.27. The predicted octanol–water partition coefficient (Wildman–Crippen LogP) is 4.64. The maximum Gasteiger partial charge on any atom is 0.322 e. The zero-order valence-electron chi connectivity index (χ0n) is 12.1. The van der Waals surface area contributed by atoms with E-state index in [9.17, 15) is 4.79 Å². The van der Waals surface area contributed by atoms with E-state index < -0.39 is 10.3 Å². The van der Waals surface area contributed by atoms with Gasteiger partial charge in [-0.3, -0.25) is 4.79 Å². The van der Waals surface area contributed by atoms with Crippen LogP contribution >= 0.6 is 23.4 Å². The van der Waals surface area contributed by atoms with Gasteiger partial charge in [-0.15, -0.1) is 23.4 Å². The van der Waals surface area contributed by atoms with Crippen LogP contribution < -0.4 is 0 Å². The molecule has 0 saturated heterocycles. The molecule has 1 rings (SSSR count). The molecule has 106 valence electrons. The van der Waals surface area contributed by atoms with Crippen LogP contribution in [0.15, 0.2) is 29.2 Å². The lowest BCUT2D eigenvalue weighted by atomic mass is 10.1. The van der Waals surface area contributed by atoms with Gasteiger partial charge in [0.15, 0.2) is 0 Å². The number of hydrogen-bond acceptors (Lipinski definition) is 3. The van der Waals surface area contributed by atoms with Crippen LogP contribution in [0.1, 0.15) is 40.2 Å². The molecule has 0 bridgehead atoms. The zero-order chi connectivity index (χ0) is 14.7. The first kappa shape index (κ1) is 16.4. The van der Waals surface area contributed by atoms with Gasteiger partial charge in [-0.25, -0.2) is 0 Å². The lowest BCUT2D eigenvalue weighted by molar-refractivity contribution is -0.156. The molecule has 0 aliphatic heterocycles. The van der Waals surface area contributed by atoms with Gasteiger partial charge >= 0.3 is 5.97 Å². The molecule has 0 aliphatic carbocycles. The van der Waals surface area contributed by atoms with Gasteiger partial charge in [0.05, 0.1) is 0 Å². The second-order valence-electron chi connectivity index (χ2n) is 5.89. The molecule has 0 radical (unpaired) electrons.